The predicted octanol–water partition coefficient (Wildman–Crippen LogP) is 1.60. The highest BCUT2D eigenvalue weighted by molar-refractivity contribution is 5.76. The maximum Gasteiger partial charge on any atom is 0.225 e. The molecule has 4 heteroatoms. The van der Waals surface area contributed by atoms with Crippen LogP contribution in [0.25, 0.3) is 0 Å². The number of aliphatic hydroxyl groups excluding tert-OH is 1. The molecular formula is C14H21NO3. The first-order chi connectivity index (χ1) is 8.50. The largest absolute Gasteiger partial charge is 0.493 e. The number of hydrogen-bond donors (Lipinski definition) is 1. The number of carbonyl (C=O) groups excluding carboxylic acids is 1. The number of ether oxygens (including phenoxy) is 1. The van der Waals surface area contributed by atoms with Crippen LogP contribution in [0.5, 0.6) is 5.75 Å². The van der Waals surface area contributed by atoms with Crippen molar-refractivity contribution in [2.75, 3.05) is 20.2 Å². The molecule has 0 aliphatic heterocycles. The van der Waals surface area contributed by atoms with Crippen molar-refractivity contribution in [2.24, 2.45) is 0 Å². The van der Waals surface area contributed by atoms with Gasteiger partial charge in [-0.2, -0.15) is 0 Å². The summed E-state index contributed by atoms with van der Waals surface area (Å²) in [5.41, 5.74) is 1.06. The summed E-state index contributed by atoms with van der Waals surface area (Å²) in [4.78, 5) is 13.2. The third-order valence-corrected chi connectivity index (χ3v) is 2.63. The van der Waals surface area contributed by atoms with E-state index in [2.05, 4.69) is 0 Å². The summed E-state index contributed by atoms with van der Waals surface area (Å²) in [7, 11) is 1.68. The molecule has 100 valence electrons. The Morgan fingerprint density at radius 3 is 2.72 bits per heavy atom. The van der Waals surface area contributed by atoms with Gasteiger partial charge < -0.3 is 14.7 Å². The zero-order chi connectivity index (χ0) is 13.5. The second kappa shape index (κ2) is 7.01. The normalized spacial score (nSPS) is 12.0. The van der Waals surface area contributed by atoms with E-state index in [0.29, 0.717) is 19.6 Å². The second-order valence-corrected chi connectivity index (χ2v) is 4.49. The van der Waals surface area contributed by atoms with E-state index < -0.39 is 6.10 Å². The van der Waals surface area contributed by atoms with Crippen LogP contribution < -0.4 is 4.74 Å². The van der Waals surface area contributed by atoms with Gasteiger partial charge in [0, 0.05) is 13.6 Å². The van der Waals surface area contributed by atoms with Crippen LogP contribution >= 0.6 is 0 Å². The second-order valence-electron chi connectivity index (χ2n) is 4.49. The lowest BCUT2D eigenvalue weighted by molar-refractivity contribution is -0.131. The molecule has 0 fully saturated rings. The molecule has 4 nitrogen and oxygen atoms in total. The number of nitrogens with zero attached hydrogens (tertiary/aromatic N) is 1. The molecule has 1 aromatic rings. The highest BCUT2D eigenvalue weighted by Crippen LogP contribution is 2.16. The first-order valence-electron chi connectivity index (χ1n) is 6.11. The van der Waals surface area contributed by atoms with E-state index in [1.807, 2.05) is 31.2 Å². The molecule has 1 amide bonds. The average Bonchev–Trinajstić information content (AvgIpc) is 2.30. The van der Waals surface area contributed by atoms with E-state index in [9.17, 15) is 9.90 Å². The van der Waals surface area contributed by atoms with E-state index in [4.69, 9.17) is 4.74 Å². The van der Waals surface area contributed by atoms with Gasteiger partial charge in [0.15, 0.2) is 0 Å². The molecule has 0 aliphatic rings. The van der Waals surface area contributed by atoms with Crippen LogP contribution in [0, 0.1) is 6.92 Å². The fourth-order valence-corrected chi connectivity index (χ4v) is 1.66. The molecule has 1 atom stereocenters. The van der Waals surface area contributed by atoms with Crippen LogP contribution in [0.4, 0.5) is 0 Å². The van der Waals surface area contributed by atoms with Gasteiger partial charge in [-0.15, -0.1) is 0 Å². The smallest absolute Gasteiger partial charge is 0.225 e. The molecule has 0 saturated heterocycles. The minimum atomic E-state index is -0.503. The minimum absolute atomic E-state index is 0.0236. The van der Waals surface area contributed by atoms with Gasteiger partial charge in [0.25, 0.3) is 0 Å². The Morgan fingerprint density at radius 2 is 2.11 bits per heavy atom. The Morgan fingerprint density at radius 1 is 1.44 bits per heavy atom. The van der Waals surface area contributed by atoms with Crippen LogP contribution in [0.15, 0.2) is 24.3 Å². The van der Waals surface area contributed by atoms with E-state index in [-0.39, 0.29) is 5.91 Å². The number of aryl methyl sites for hydroxylation is 1. The lowest BCUT2D eigenvalue weighted by atomic mass is 10.2. The van der Waals surface area contributed by atoms with Gasteiger partial charge in [0.05, 0.1) is 19.1 Å². The Kier molecular flexibility index (Phi) is 5.65. The van der Waals surface area contributed by atoms with Crippen LogP contribution in [0.2, 0.25) is 0 Å². The number of rotatable bonds is 6. The number of para-hydroxylation sites is 1. The maximum atomic E-state index is 11.7. The Bertz CT molecular complexity index is 390. The Hall–Kier alpha value is -1.55. The Labute approximate surface area is 108 Å². The molecule has 0 heterocycles. The van der Waals surface area contributed by atoms with E-state index in [1.54, 1.807) is 14.0 Å². The monoisotopic (exact) mass is 251 g/mol. The van der Waals surface area contributed by atoms with Crippen molar-refractivity contribution in [3.05, 3.63) is 29.8 Å². The van der Waals surface area contributed by atoms with E-state index in [0.717, 1.165) is 11.3 Å². The molecule has 18 heavy (non-hydrogen) atoms. The lowest BCUT2D eigenvalue weighted by Crippen LogP contribution is -2.33. The van der Waals surface area contributed by atoms with Gasteiger partial charge in [-0.1, -0.05) is 18.2 Å². The Balaban J connectivity index is 2.34. The van der Waals surface area contributed by atoms with Gasteiger partial charge in [0.2, 0.25) is 5.91 Å². The van der Waals surface area contributed by atoms with Gasteiger partial charge >= 0.3 is 0 Å². The van der Waals surface area contributed by atoms with Gasteiger partial charge in [0.1, 0.15) is 5.75 Å². The number of carbonyl (C=O) groups is 1. The molecular weight excluding hydrogens is 230 g/mol. The van der Waals surface area contributed by atoms with Gasteiger partial charge in [-0.25, -0.2) is 0 Å². The summed E-state index contributed by atoms with van der Waals surface area (Å²) in [5.74, 6) is 0.785. The summed E-state index contributed by atoms with van der Waals surface area (Å²) < 4.78 is 5.55. The zero-order valence-electron chi connectivity index (χ0n) is 11.2. The van der Waals surface area contributed by atoms with Crippen molar-refractivity contribution in [1.82, 2.24) is 4.90 Å². The number of aliphatic hydroxyl groups is 1. The predicted molar refractivity (Wildman–Crippen MR) is 70.6 cm³/mol. The fourth-order valence-electron chi connectivity index (χ4n) is 1.66. The van der Waals surface area contributed by atoms with Crippen LogP contribution in [-0.4, -0.2) is 42.2 Å². The van der Waals surface area contributed by atoms with E-state index in [1.165, 1.54) is 4.90 Å². The molecule has 0 spiro atoms. The SMILES string of the molecule is Cc1ccccc1OCCC(=O)N(C)CC(C)O. The van der Waals surface area contributed by atoms with Crippen molar-refractivity contribution in [3.8, 4) is 5.75 Å². The molecule has 1 aromatic carbocycles. The standard InChI is InChI=1S/C14H21NO3/c1-11-6-4-5-7-13(11)18-9-8-14(17)15(3)10-12(2)16/h4-7,12,16H,8-10H2,1-3H3. The molecule has 0 aromatic heterocycles. The molecule has 0 saturated carbocycles. The van der Waals surface area contributed by atoms with Crippen LogP contribution in [0.1, 0.15) is 18.9 Å². The molecule has 1 N–H and O–H groups in total. The third-order valence-electron chi connectivity index (χ3n) is 2.63. The summed E-state index contributed by atoms with van der Waals surface area (Å²) in [6.07, 6.45) is -0.186. The van der Waals surface area contributed by atoms with Crippen LogP contribution in [-0.2, 0) is 4.79 Å². The summed E-state index contributed by atoms with van der Waals surface area (Å²) in [6, 6.07) is 7.71. The maximum absolute atomic E-state index is 11.7. The van der Waals surface area contributed by atoms with Crippen molar-refractivity contribution in [1.29, 1.82) is 0 Å². The lowest BCUT2D eigenvalue weighted by Gasteiger charge is -2.19. The zero-order valence-corrected chi connectivity index (χ0v) is 11.2. The highest BCUT2D eigenvalue weighted by atomic mass is 16.5. The highest BCUT2D eigenvalue weighted by Gasteiger charge is 2.11. The van der Waals surface area contributed by atoms with Gasteiger partial charge in [-0.3, -0.25) is 4.79 Å². The quantitative estimate of drug-likeness (QED) is 0.835. The number of amides is 1. The number of benzene rings is 1. The topological polar surface area (TPSA) is 49.8 Å². The first kappa shape index (κ1) is 14.5. The van der Waals surface area contributed by atoms with Crippen molar-refractivity contribution in [2.45, 2.75) is 26.4 Å². The molecule has 1 unspecified atom stereocenters. The van der Waals surface area contributed by atoms with Crippen molar-refractivity contribution >= 4 is 5.91 Å². The minimum Gasteiger partial charge on any atom is -0.493 e. The van der Waals surface area contributed by atoms with Crippen molar-refractivity contribution < 1.29 is 14.6 Å². The molecule has 0 radical (unpaired) electrons. The van der Waals surface area contributed by atoms with Gasteiger partial charge in [-0.05, 0) is 25.5 Å². The first-order valence-corrected chi connectivity index (χ1v) is 6.11. The fraction of sp³-hybridized carbons (Fsp3) is 0.500. The number of likely N-dealkylation sites (N-methyl/N-ethyl adjacent to an activating group) is 1. The summed E-state index contributed by atoms with van der Waals surface area (Å²) in [6.45, 7) is 4.33. The molecule has 0 aliphatic carbocycles. The third kappa shape index (κ3) is 4.75. The summed E-state index contributed by atoms with van der Waals surface area (Å²) in [5, 5.41) is 9.19. The van der Waals surface area contributed by atoms with Crippen LogP contribution in [0.3, 0.4) is 0 Å². The molecule has 1 rings (SSSR count). The van der Waals surface area contributed by atoms with E-state index >= 15 is 0 Å². The average molecular weight is 251 g/mol. The summed E-state index contributed by atoms with van der Waals surface area (Å²) >= 11 is 0. The van der Waals surface area contributed by atoms with Crippen molar-refractivity contribution in [3.63, 3.8) is 0 Å². The number of hydrogen-bond acceptors (Lipinski definition) is 3. The molecule has 0 bridgehead atoms.